The van der Waals surface area contributed by atoms with Crippen molar-refractivity contribution in [1.29, 1.82) is 0 Å². The Morgan fingerprint density at radius 1 is 1.42 bits per heavy atom. The molecule has 1 unspecified atom stereocenters. The Morgan fingerprint density at radius 2 is 2.21 bits per heavy atom. The highest BCUT2D eigenvalue weighted by molar-refractivity contribution is 7.07. The van der Waals surface area contributed by atoms with E-state index in [1.54, 1.807) is 11.3 Å². The van der Waals surface area contributed by atoms with Crippen molar-refractivity contribution < 1.29 is 0 Å². The van der Waals surface area contributed by atoms with E-state index in [0.717, 1.165) is 12.2 Å². The van der Waals surface area contributed by atoms with Gasteiger partial charge in [0.1, 0.15) is 11.6 Å². The van der Waals surface area contributed by atoms with Crippen molar-refractivity contribution in [3.63, 3.8) is 0 Å². The second kappa shape index (κ2) is 6.02. The van der Waals surface area contributed by atoms with Crippen LogP contribution in [0.2, 0.25) is 0 Å². The summed E-state index contributed by atoms with van der Waals surface area (Å²) >= 11 is 1.70. The van der Waals surface area contributed by atoms with Gasteiger partial charge in [0.05, 0.1) is 0 Å². The molecule has 19 heavy (non-hydrogen) atoms. The van der Waals surface area contributed by atoms with Crippen molar-refractivity contribution in [1.82, 2.24) is 9.97 Å². The van der Waals surface area contributed by atoms with Gasteiger partial charge >= 0.3 is 0 Å². The van der Waals surface area contributed by atoms with Gasteiger partial charge in [0.2, 0.25) is 0 Å². The first-order chi connectivity index (χ1) is 9.04. The maximum atomic E-state index is 11.6. The minimum Gasteiger partial charge on any atom is -0.367 e. The van der Waals surface area contributed by atoms with Crippen LogP contribution < -0.4 is 10.9 Å². The number of rotatable bonds is 5. The van der Waals surface area contributed by atoms with Gasteiger partial charge in [-0.15, -0.1) is 0 Å². The zero-order valence-corrected chi connectivity index (χ0v) is 12.3. The van der Waals surface area contributed by atoms with Gasteiger partial charge in [0.25, 0.3) is 5.56 Å². The lowest BCUT2D eigenvalue weighted by molar-refractivity contribution is 0.749. The Kier molecular flexibility index (Phi) is 4.37. The maximum Gasteiger partial charge on any atom is 0.252 e. The van der Waals surface area contributed by atoms with Crippen LogP contribution >= 0.6 is 11.3 Å². The molecule has 0 saturated heterocycles. The lowest BCUT2D eigenvalue weighted by Gasteiger charge is -2.15. The molecule has 2 heterocycles. The average molecular weight is 277 g/mol. The number of H-pyrrole nitrogens is 1. The fourth-order valence-electron chi connectivity index (χ4n) is 1.89. The zero-order chi connectivity index (χ0) is 13.8. The second-order valence-electron chi connectivity index (χ2n) is 5.05. The Hall–Kier alpha value is -1.62. The molecule has 2 aromatic rings. The number of anilines is 1. The van der Waals surface area contributed by atoms with E-state index in [2.05, 4.69) is 39.0 Å². The lowest BCUT2D eigenvalue weighted by Crippen LogP contribution is -2.21. The summed E-state index contributed by atoms with van der Waals surface area (Å²) in [4.78, 5) is 18.8. The summed E-state index contributed by atoms with van der Waals surface area (Å²) in [7, 11) is 0. The van der Waals surface area contributed by atoms with Crippen molar-refractivity contribution in [3.8, 4) is 0 Å². The van der Waals surface area contributed by atoms with Crippen LogP contribution in [0, 0.1) is 0 Å². The molecule has 0 spiro atoms. The van der Waals surface area contributed by atoms with Gasteiger partial charge in [0, 0.05) is 18.0 Å². The van der Waals surface area contributed by atoms with E-state index >= 15 is 0 Å². The molecular weight excluding hydrogens is 258 g/mol. The van der Waals surface area contributed by atoms with E-state index in [4.69, 9.17) is 0 Å². The van der Waals surface area contributed by atoms with Crippen LogP contribution in [0.15, 0.2) is 27.7 Å². The molecule has 0 amide bonds. The molecule has 0 radical (unpaired) electrons. The SMILES string of the molecule is CC(Cc1ccsc1)Nc1cc(=O)[nH]c(C(C)C)n1. The number of aromatic nitrogens is 2. The van der Waals surface area contributed by atoms with Crippen molar-refractivity contribution in [2.75, 3.05) is 5.32 Å². The molecule has 4 nitrogen and oxygen atoms in total. The third-order valence-electron chi connectivity index (χ3n) is 2.82. The quantitative estimate of drug-likeness (QED) is 0.883. The summed E-state index contributed by atoms with van der Waals surface area (Å²) in [5.41, 5.74) is 1.20. The molecule has 0 fully saturated rings. The van der Waals surface area contributed by atoms with Crippen molar-refractivity contribution >= 4 is 17.2 Å². The zero-order valence-electron chi connectivity index (χ0n) is 11.4. The molecule has 2 N–H and O–H groups in total. The van der Waals surface area contributed by atoms with Crippen LogP contribution in [0.25, 0.3) is 0 Å². The molecule has 2 rings (SSSR count). The van der Waals surface area contributed by atoms with E-state index < -0.39 is 0 Å². The first-order valence-electron chi connectivity index (χ1n) is 6.43. The van der Waals surface area contributed by atoms with Gasteiger partial charge in [-0.05, 0) is 35.7 Å². The predicted molar refractivity (Wildman–Crippen MR) is 80.1 cm³/mol. The number of nitrogens with one attached hydrogen (secondary N) is 2. The topological polar surface area (TPSA) is 57.8 Å². The van der Waals surface area contributed by atoms with E-state index in [9.17, 15) is 4.79 Å². The molecule has 0 saturated carbocycles. The molecular formula is C14H19N3OS. The minimum atomic E-state index is -0.107. The highest BCUT2D eigenvalue weighted by Gasteiger charge is 2.08. The number of thiophene rings is 1. The average Bonchev–Trinajstić information content (AvgIpc) is 2.80. The number of hydrogen-bond donors (Lipinski definition) is 2. The Balaban J connectivity index is 2.08. The molecule has 5 heteroatoms. The van der Waals surface area contributed by atoms with Crippen LogP contribution in [0.3, 0.4) is 0 Å². The summed E-state index contributed by atoms with van der Waals surface area (Å²) in [6.45, 7) is 6.11. The summed E-state index contributed by atoms with van der Waals surface area (Å²) in [5.74, 6) is 1.58. The van der Waals surface area contributed by atoms with Crippen LogP contribution in [-0.4, -0.2) is 16.0 Å². The molecule has 2 aromatic heterocycles. The van der Waals surface area contributed by atoms with Crippen LogP contribution in [0.1, 0.15) is 38.1 Å². The van der Waals surface area contributed by atoms with Crippen molar-refractivity contribution in [2.45, 2.75) is 39.2 Å². The molecule has 0 aliphatic carbocycles. The van der Waals surface area contributed by atoms with Gasteiger partial charge in [0.15, 0.2) is 0 Å². The number of hydrogen-bond acceptors (Lipinski definition) is 4. The van der Waals surface area contributed by atoms with Crippen LogP contribution in [0.5, 0.6) is 0 Å². The summed E-state index contributed by atoms with van der Waals surface area (Å²) in [6.07, 6.45) is 0.926. The van der Waals surface area contributed by atoms with Gasteiger partial charge in [-0.3, -0.25) is 4.79 Å². The predicted octanol–water partition coefficient (Wildman–Crippen LogP) is 3.00. The van der Waals surface area contributed by atoms with Gasteiger partial charge < -0.3 is 10.3 Å². The number of nitrogens with zero attached hydrogens (tertiary/aromatic N) is 1. The summed E-state index contributed by atoms with van der Waals surface area (Å²) in [6, 6.07) is 3.87. The molecule has 0 bridgehead atoms. The van der Waals surface area contributed by atoms with E-state index in [0.29, 0.717) is 5.82 Å². The molecule has 0 aliphatic rings. The van der Waals surface area contributed by atoms with Gasteiger partial charge in [-0.2, -0.15) is 11.3 Å². The first-order valence-corrected chi connectivity index (χ1v) is 7.37. The standard InChI is InChI=1S/C14H19N3OS/c1-9(2)14-16-12(7-13(18)17-14)15-10(3)6-11-4-5-19-8-11/h4-5,7-10H,6H2,1-3H3,(H2,15,16,17,18). The van der Waals surface area contributed by atoms with E-state index in [1.807, 2.05) is 13.8 Å². The molecule has 0 aromatic carbocycles. The Morgan fingerprint density at radius 3 is 2.84 bits per heavy atom. The smallest absolute Gasteiger partial charge is 0.252 e. The van der Waals surface area contributed by atoms with Gasteiger partial charge in [-0.1, -0.05) is 13.8 Å². The highest BCUT2D eigenvalue weighted by Crippen LogP contribution is 2.13. The maximum absolute atomic E-state index is 11.6. The largest absolute Gasteiger partial charge is 0.367 e. The fraction of sp³-hybridized carbons (Fsp3) is 0.429. The minimum absolute atomic E-state index is 0.107. The highest BCUT2D eigenvalue weighted by atomic mass is 32.1. The third kappa shape index (κ3) is 3.92. The first kappa shape index (κ1) is 13.8. The summed E-state index contributed by atoms with van der Waals surface area (Å²) < 4.78 is 0. The van der Waals surface area contributed by atoms with Crippen LogP contribution in [0.4, 0.5) is 5.82 Å². The molecule has 102 valence electrons. The second-order valence-corrected chi connectivity index (χ2v) is 5.83. The monoisotopic (exact) mass is 277 g/mol. The fourth-order valence-corrected chi connectivity index (χ4v) is 2.57. The van der Waals surface area contributed by atoms with Crippen molar-refractivity contribution in [3.05, 3.63) is 44.6 Å². The van der Waals surface area contributed by atoms with Crippen molar-refractivity contribution in [2.24, 2.45) is 0 Å². The molecule has 1 atom stereocenters. The normalized spacial score (nSPS) is 12.6. The van der Waals surface area contributed by atoms with E-state index in [1.165, 1.54) is 11.6 Å². The molecule has 0 aliphatic heterocycles. The van der Waals surface area contributed by atoms with Gasteiger partial charge in [-0.25, -0.2) is 4.98 Å². The third-order valence-corrected chi connectivity index (χ3v) is 3.56. The Labute approximate surface area is 116 Å². The van der Waals surface area contributed by atoms with Crippen LogP contribution in [-0.2, 0) is 6.42 Å². The Bertz CT molecular complexity index is 575. The lowest BCUT2D eigenvalue weighted by atomic mass is 10.1. The summed E-state index contributed by atoms with van der Waals surface area (Å²) in [5, 5.41) is 7.51. The van der Waals surface area contributed by atoms with E-state index in [-0.39, 0.29) is 17.5 Å². The number of aromatic amines is 1.